The topological polar surface area (TPSA) is 6.48 Å². The minimum Gasteiger partial charge on any atom is -0.305 e. The summed E-state index contributed by atoms with van der Waals surface area (Å²) in [5.74, 6) is 0. The van der Waals surface area contributed by atoms with E-state index >= 15 is 0 Å². The van der Waals surface area contributed by atoms with Crippen molar-refractivity contribution < 1.29 is 0 Å². The molecule has 0 heterocycles. The van der Waals surface area contributed by atoms with Crippen LogP contribution >= 0.6 is 11.1 Å². The summed E-state index contributed by atoms with van der Waals surface area (Å²) in [6, 6.07) is 0. The molecule has 0 aliphatic heterocycles. The van der Waals surface area contributed by atoms with Crippen LogP contribution in [0.3, 0.4) is 0 Å². The molecule has 0 radical (unpaired) electrons. The van der Waals surface area contributed by atoms with Gasteiger partial charge in [-0.25, -0.2) is 0 Å². The Morgan fingerprint density at radius 2 is 1.54 bits per heavy atom. The number of halogens is 1. The predicted octanol–water partition coefficient (Wildman–Crippen LogP) is 2.48. The van der Waals surface area contributed by atoms with Gasteiger partial charge in [-0.2, -0.15) is 0 Å². The van der Waals surface area contributed by atoms with E-state index in [0.717, 1.165) is 13.1 Å². The van der Waals surface area contributed by atoms with Crippen molar-refractivity contribution in [3.8, 4) is 0 Å². The quantitative estimate of drug-likeness (QED) is 0.521. The van der Waals surface area contributed by atoms with Crippen LogP contribution in [0.4, 0.5) is 0 Å². The van der Waals surface area contributed by atoms with Gasteiger partial charge in [0.1, 0.15) is 0 Å². The molecule has 80 valence electrons. The van der Waals surface area contributed by atoms with E-state index in [4.69, 9.17) is 11.1 Å². The Labute approximate surface area is 88.7 Å². The zero-order chi connectivity index (χ0) is 10.6. The standard InChI is InChI=1S/C9H23ClN2Si/c1-7-12(8-2)13(10,9(3)4)11(5)6/h9H,7-8H2,1-6H3. The molecule has 13 heavy (non-hydrogen) atoms. The van der Waals surface area contributed by atoms with Crippen molar-refractivity contribution in [1.82, 2.24) is 9.13 Å². The first kappa shape index (κ1) is 13.4. The lowest BCUT2D eigenvalue weighted by Crippen LogP contribution is -2.61. The molecule has 1 unspecified atom stereocenters. The summed E-state index contributed by atoms with van der Waals surface area (Å²) < 4.78 is 4.64. The van der Waals surface area contributed by atoms with Crippen LogP contribution in [0.25, 0.3) is 0 Å². The second-order valence-corrected chi connectivity index (χ2v) is 9.48. The Morgan fingerprint density at radius 1 is 1.15 bits per heavy atom. The summed E-state index contributed by atoms with van der Waals surface area (Å²) in [6.45, 7) is 10.9. The molecule has 4 heteroatoms. The summed E-state index contributed by atoms with van der Waals surface area (Å²) in [5, 5.41) is 0. The van der Waals surface area contributed by atoms with Crippen molar-refractivity contribution in [3.05, 3.63) is 0 Å². The molecule has 0 N–H and O–H groups in total. The van der Waals surface area contributed by atoms with Crippen molar-refractivity contribution in [2.24, 2.45) is 0 Å². The summed E-state index contributed by atoms with van der Waals surface area (Å²) >= 11 is 6.77. The third-order valence-electron chi connectivity index (χ3n) is 2.57. The van der Waals surface area contributed by atoms with Crippen LogP contribution in [0, 0.1) is 0 Å². The zero-order valence-corrected chi connectivity index (χ0v) is 11.5. The molecule has 0 fully saturated rings. The lowest BCUT2D eigenvalue weighted by atomic mass is 10.6. The van der Waals surface area contributed by atoms with Gasteiger partial charge in [-0.15, -0.1) is 11.1 Å². The molecular formula is C9H23ClN2Si. The Bertz CT molecular complexity index is 139. The van der Waals surface area contributed by atoms with E-state index in [-0.39, 0.29) is 0 Å². The normalized spacial score (nSPS) is 17.1. The average Bonchev–Trinajstić information content (AvgIpc) is 2.05. The van der Waals surface area contributed by atoms with E-state index in [1.807, 2.05) is 0 Å². The van der Waals surface area contributed by atoms with Gasteiger partial charge in [-0.05, 0) is 32.7 Å². The lowest BCUT2D eigenvalue weighted by molar-refractivity contribution is 0.404. The Balaban J connectivity index is 4.75. The van der Waals surface area contributed by atoms with E-state index < -0.39 is 7.71 Å². The van der Waals surface area contributed by atoms with E-state index in [0.29, 0.717) is 5.54 Å². The van der Waals surface area contributed by atoms with Crippen LogP contribution < -0.4 is 0 Å². The second kappa shape index (κ2) is 5.34. The molecule has 2 nitrogen and oxygen atoms in total. The molecule has 0 aliphatic rings. The number of rotatable bonds is 5. The van der Waals surface area contributed by atoms with Gasteiger partial charge in [-0.3, -0.25) is 0 Å². The van der Waals surface area contributed by atoms with Crippen LogP contribution in [0.5, 0.6) is 0 Å². The molecule has 0 amide bonds. The molecule has 1 atom stereocenters. The van der Waals surface area contributed by atoms with Crippen LogP contribution in [-0.4, -0.2) is 44.0 Å². The molecular weight excluding hydrogens is 200 g/mol. The van der Waals surface area contributed by atoms with Crippen molar-refractivity contribution in [2.45, 2.75) is 33.2 Å². The maximum Gasteiger partial charge on any atom is 0.309 e. The summed E-state index contributed by atoms with van der Waals surface area (Å²) in [5.41, 5.74) is 0.545. The third kappa shape index (κ3) is 2.69. The Morgan fingerprint density at radius 3 is 1.62 bits per heavy atom. The van der Waals surface area contributed by atoms with Gasteiger partial charge in [0.05, 0.1) is 0 Å². The third-order valence-corrected chi connectivity index (χ3v) is 9.85. The first-order chi connectivity index (χ1) is 5.91. The Kier molecular flexibility index (Phi) is 5.52. The molecule has 0 saturated heterocycles. The van der Waals surface area contributed by atoms with Crippen molar-refractivity contribution >= 4 is 18.8 Å². The van der Waals surface area contributed by atoms with Crippen LogP contribution in [-0.2, 0) is 0 Å². The molecule has 0 saturated carbocycles. The van der Waals surface area contributed by atoms with Gasteiger partial charge in [0.2, 0.25) is 0 Å². The van der Waals surface area contributed by atoms with E-state index in [1.165, 1.54) is 0 Å². The highest BCUT2D eigenvalue weighted by atomic mass is 35.6. The van der Waals surface area contributed by atoms with Gasteiger partial charge in [0, 0.05) is 0 Å². The van der Waals surface area contributed by atoms with Gasteiger partial charge in [-0.1, -0.05) is 27.7 Å². The highest BCUT2D eigenvalue weighted by Crippen LogP contribution is 2.30. The smallest absolute Gasteiger partial charge is 0.305 e. The van der Waals surface area contributed by atoms with E-state index in [9.17, 15) is 0 Å². The first-order valence-corrected chi connectivity index (χ1v) is 8.00. The number of nitrogens with zero attached hydrogens (tertiary/aromatic N) is 2. The van der Waals surface area contributed by atoms with E-state index in [2.05, 4.69) is 50.9 Å². The molecule has 0 aromatic rings. The highest BCUT2D eigenvalue weighted by molar-refractivity contribution is 7.17. The predicted molar refractivity (Wildman–Crippen MR) is 63.3 cm³/mol. The Hall–Kier alpha value is 0.427. The fraction of sp³-hybridized carbons (Fsp3) is 1.00. The fourth-order valence-electron chi connectivity index (χ4n) is 1.83. The van der Waals surface area contributed by atoms with Gasteiger partial charge in [0.15, 0.2) is 0 Å². The monoisotopic (exact) mass is 222 g/mol. The largest absolute Gasteiger partial charge is 0.309 e. The molecule has 0 aromatic carbocycles. The van der Waals surface area contributed by atoms with Gasteiger partial charge < -0.3 is 9.13 Å². The summed E-state index contributed by atoms with van der Waals surface area (Å²) in [4.78, 5) is 0. The molecule has 0 rings (SSSR count). The fourth-order valence-corrected chi connectivity index (χ4v) is 5.76. The van der Waals surface area contributed by atoms with Crippen molar-refractivity contribution in [3.63, 3.8) is 0 Å². The van der Waals surface area contributed by atoms with E-state index in [1.54, 1.807) is 0 Å². The minimum absolute atomic E-state index is 0.545. The molecule has 0 aliphatic carbocycles. The summed E-state index contributed by atoms with van der Waals surface area (Å²) in [7, 11) is 2.29. The maximum atomic E-state index is 6.77. The number of hydrogen-bond acceptors (Lipinski definition) is 2. The maximum absolute atomic E-state index is 6.77. The van der Waals surface area contributed by atoms with Crippen molar-refractivity contribution in [1.29, 1.82) is 0 Å². The van der Waals surface area contributed by atoms with Gasteiger partial charge >= 0.3 is 7.71 Å². The van der Waals surface area contributed by atoms with Crippen LogP contribution in [0.1, 0.15) is 27.7 Å². The molecule has 0 aromatic heterocycles. The van der Waals surface area contributed by atoms with Crippen LogP contribution in [0.15, 0.2) is 0 Å². The number of hydrogen-bond donors (Lipinski definition) is 0. The lowest BCUT2D eigenvalue weighted by Gasteiger charge is -2.43. The molecule has 0 bridgehead atoms. The van der Waals surface area contributed by atoms with Crippen molar-refractivity contribution in [2.75, 3.05) is 27.2 Å². The zero-order valence-electron chi connectivity index (χ0n) is 9.76. The first-order valence-electron chi connectivity index (χ1n) is 5.02. The summed E-state index contributed by atoms with van der Waals surface area (Å²) in [6.07, 6.45) is 0. The minimum atomic E-state index is -1.89. The molecule has 0 spiro atoms. The second-order valence-electron chi connectivity index (χ2n) is 3.86. The highest BCUT2D eigenvalue weighted by Gasteiger charge is 2.43. The average molecular weight is 223 g/mol. The SMILES string of the molecule is CCN(CC)[Si](Cl)(C(C)C)N(C)C. The van der Waals surface area contributed by atoms with Crippen LogP contribution in [0.2, 0.25) is 5.54 Å². The van der Waals surface area contributed by atoms with Gasteiger partial charge in [0.25, 0.3) is 0 Å².